The van der Waals surface area contributed by atoms with E-state index in [0.717, 1.165) is 30.2 Å². The van der Waals surface area contributed by atoms with Crippen molar-refractivity contribution < 1.29 is 4.74 Å². The first-order valence-electron chi connectivity index (χ1n) is 6.77. The minimum Gasteiger partial charge on any atom is -0.497 e. The Bertz CT molecular complexity index is 557. The number of hydrogen-bond acceptors (Lipinski definition) is 4. The van der Waals surface area contributed by atoms with Crippen molar-refractivity contribution in [1.82, 2.24) is 10.3 Å². The van der Waals surface area contributed by atoms with Crippen LogP contribution >= 0.6 is 0 Å². The maximum absolute atomic E-state index is 5.28. The number of anilines is 2. The fraction of sp³-hybridized carbons (Fsp3) is 0.312. The van der Waals surface area contributed by atoms with E-state index >= 15 is 0 Å². The van der Waals surface area contributed by atoms with E-state index in [2.05, 4.69) is 34.3 Å². The van der Waals surface area contributed by atoms with Crippen molar-refractivity contribution in [2.24, 2.45) is 0 Å². The van der Waals surface area contributed by atoms with Crippen LogP contribution in [0.1, 0.15) is 12.5 Å². The molecule has 0 aliphatic carbocycles. The molecular weight excluding hydrogens is 250 g/mol. The van der Waals surface area contributed by atoms with Crippen molar-refractivity contribution in [2.45, 2.75) is 13.5 Å². The predicted octanol–water partition coefficient (Wildman–Crippen LogP) is 2.97. The average molecular weight is 271 g/mol. The highest BCUT2D eigenvalue weighted by Gasteiger charge is 2.09. The predicted molar refractivity (Wildman–Crippen MR) is 82.7 cm³/mol. The standard InChI is InChI=1S/C16H21N3O/c1-4-17-11-13-8-9-18-12-16(13)19(2)14-6-5-7-15(10-14)20-3/h5-10,12,17H,4,11H2,1-3H3. The molecule has 0 saturated carbocycles. The van der Waals surface area contributed by atoms with Gasteiger partial charge < -0.3 is 15.0 Å². The van der Waals surface area contributed by atoms with E-state index in [-0.39, 0.29) is 0 Å². The lowest BCUT2D eigenvalue weighted by Crippen LogP contribution is -2.17. The first-order valence-corrected chi connectivity index (χ1v) is 6.77. The Balaban J connectivity index is 2.29. The Morgan fingerprint density at radius 1 is 1.30 bits per heavy atom. The molecule has 1 N–H and O–H groups in total. The van der Waals surface area contributed by atoms with Crippen LogP contribution in [0, 0.1) is 0 Å². The van der Waals surface area contributed by atoms with Gasteiger partial charge in [0.2, 0.25) is 0 Å². The summed E-state index contributed by atoms with van der Waals surface area (Å²) >= 11 is 0. The van der Waals surface area contributed by atoms with Gasteiger partial charge in [0.05, 0.1) is 19.0 Å². The van der Waals surface area contributed by atoms with Gasteiger partial charge >= 0.3 is 0 Å². The summed E-state index contributed by atoms with van der Waals surface area (Å²) in [5.74, 6) is 0.853. The lowest BCUT2D eigenvalue weighted by molar-refractivity contribution is 0.415. The zero-order valence-corrected chi connectivity index (χ0v) is 12.3. The van der Waals surface area contributed by atoms with E-state index < -0.39 is 0 Å². The van der Waals surface area contributed by atoms with Gasteiger partial charge in [-0.2, -0.15) is 0 Å². The van der Waals surface area contributed by atoms with Crippen LogP contribution in [0.5, 0.6) is 5.75 Å². The molecular formula is C16H21N3O. The van der Waals surface area contributed by atoms with Crippen molar-refractivity contribution in [3.05, 3.63) is 48.3 Å². The number of rotatable bonds is 6. The highest BCUT2D eigenvalue weighted by Crippen LogP contribution is 2.28. The monoisotopic (exact) mass is 271 g/mol. The van der Waals surface area contributed by atoms with Crippen molar-refractivity contribution in [1.29, 1.82) is 0 Å². The quantitative estimate of drug-likeness (QED) is 0.876. The van der Waals surface area contributed by atoms with E-state index in [0.29, 0.717) is 0 Å². The van der Waals surface area contributed by atoms with Crippen molar-refractivity contribution in [3.8, 4) is 5.75 Å². The third-order valence-electron chi connectivity index (χ3n) is 3.26. The van der Waals surface area contributed by atoms with Gasteiger partial charge in [-0.15, -0.1) is 0 Å². The first kappa shape index (κ1) is 14.3. The summed E-state index contributed by atoms with van der Waals surface area (Å²) in [4.78, 5) is 6.37. The Hall–Kier alpha value is -2.07. The summed E-state index contributed by atoms with van der Waals surface area (Å²) < 4.78 is 5.28. The molecule has 0 fully saturated rings. The normalized spacial score (nSPS) is 10.3. The van der Waals surface area contributed by atoms with Crippen LogP contribution in [0.2, 0.25) is 0 Å². The molecule has 0 aliphatic rings. The Morgan fingerprint density at radius 3 is 2.90 bits per heavy atom. The second-order valence-corrected chi connectivity index (χ2v) is 4.55. The summed E-state index contributed by atoms with van der Waals surface area (Å²) in [6.45, 7) is 3.89. The lowest BCUT2D eigenvalue weighted by atomic mass is 10.2. The third-order valence-corrected chi connectivity index (χ3v) is 3.26. The Kier molecular flexibility index (Phi) is 4.96. The van der Waals surface area contributed by atoms with Crippen LogP contribution in [0.15, 0.2) is 42.7 Å². The van der Waals surface area contributed by atoms with Crippen LogP contribution in [-0.2, 0) is 6.54 Å². The third kappa shape index (κ3) is 3.27. The topological polar surface area (TPSA) is 37.4 Å². The molecule has 2 rings (SSSR count). The molecule has 2 aromatic rings. The molecule has 0 atom stereocenters. The number of nitrogens with zero attached hydrogens (tertiary/aromatic N) is 2. The van der Waals surface area contributed by atoms with Gasteiger partial charge in [0, 0.05) is 31.5 Å². The number of methoxy groups -OCH3 is 1. The number of ether oxygens (including phenoxy) is 1. The van der Waals surface area contributed by atoms with Crippen molar-refractivity contribution in [3.63, 3.8) is 0 Å². The van der Waals surface area contributed by atoms with Crippen LogP contribution in [0.3, 0.4) is 0 Å². The van der Waals surface area contributed by atoms with E-state index in [1.807, 2.05) is 37.6 Å². The molecule has 20 heavy (non-hydrogen) atoms. The van der Waals surface area contributed by atoms with Gasteiger partial charge in [-0.05, 0) is 30.3 Å². The molecule has 106 valence electrons. The Labute approximate surface area is 120 Å². The molecule has 4 heteroatoms. The van der Waals surface area contributed by atoms with Gasteiger partial charge in [-0.1, -0.05) is 13.0 Å². The molecule has 1 aromatic heterocycles. The van der Waals surface area contributed by atoms with Gasteiger partial charge in [0.15, 0.2) is 0 Å². The summed E-state index contributed by atoms with van der Waals surface area (Å²) in [6.07, 6.45) is 3.72. The molecule has 1 heterocycles. The van der Waals surface area contributed by atoms with Crippen molar-refractivity contribution >= 4 is 11.4 Å². The fourth-order valence-corrected chi connectivity index (χ4v) is 2.08. The van der Waals surface area contributed by atoms with E-state index in [1.54, 1.807) is 7.11 Å². The zero-order valence-electron chi connectivity index (χ0n) is 12.3. The number of pyridine rings is 1. The lowest BCUT2D eigenvalue weighted by Gasteiger charge is -2.22. The minimum absolute atomic E-state index is 0.836. The molecule has 0 unspecified atom stereocenters. The highest BCUT2D eigenvalue weighted by molar-refractivity contribution is 5.66. The summed E-state index contributed by atoms with van der Waals surface area (Å²) in [7, 11) is 3.72. The summed E-state index contributed by atoms with van der Waals surface area (Å²) in [5.41, 5.74) is 3.41. The van der Waals surface area contributed by atoms with Gasteiger partial charge in [-0.25, -0.2) is 0 Å². The second-order valence-electron chi connectivity index (χ2n) is 4.55. The molecule has 0 radical (unpaired) electrons. The van der Waals surface area contributed by atoms with E-state index in [9.17, 15) is 0 Å². The SMILES string of the molecule is CCNCc1ccncc1N(C)c1cccc(OC)c1. The smallest absolute Gasteiger partial charge is 0.120 e. The molecule has 0 saturated heterocycles. The zero-order chi connectivity index (χ0) is 14.4. The summed E-state index contributed by atoms with van der Waals surface area (Å²) in [5, 5.41) is 3.35. The maximum Gasteiger partial charge on any atom is 0.120 e. The van der Waals surface area contributed by atoms with Crippen LogP contribution in [0.4, 0.5) is 11.4 Å². The molecule has 4 nitrogen and oxygen atoms in total. The molecule has 0 aliphatic heterocycles. The number of hydrogen-bond donors (Lipinski definition) is 1. The molecule has 0 spiro atoms. The van der Waals surface area contributed by atoms with Crippen LogP contribution in [0.25, 0.3) is 0 Å². The second kappa shape index (κ2) is 6.91. The molecule has 0 amide bonds. The van der Waals surface area contributed by atoms with Crippen molar-refractivity contribution in [2.75, 3.05) is 25.6 Å². The summed E-state index contributed by atoms with van der Waals surface area (Å²) in [6, 6.07) is 10.1. The molecule has 1 aromatic carbocycles. The molecule has 0 bridgehead atoms. The number of nitrogens with one attached hydrogen (secondary N) is 1. The highest BCUT2D eigenvalue weighted by atomic mass is 16.5. The van der Waals surface area contributed by atoms with Crippen LogP contribution < -0.4 is 15.0 Å². The first-order chi connectivity index (χ1) is 9.76. The largest absolute Gasteiger partial charge is 0.497 e. The van der Waals surface area contributed by atoms with Gasteiger partial charge in [0.25, 0.3) is 0 Å². The average Bonchev–Trinajstić information content (AvgIpc) is 2.52. The fourth-order valence-electron chi connectivity index (χ4n) is 2.08. The Morgan fingerprint density at radius 2 is 2.15 bits per heavy atom. The number of aromatic nitrogens is 1. The number of benzene rings is 1. The maximum atomic E-state index is 5.28. The minimum atomic E-state index is 0.836. The van der Waals surface area contributed by atoms with Gasteiger partial charge in [-0.3, -0.25) is 4.98 Å². The van der Waals surface area contributed by atoms with E-state index in [4.69, 9.17) is 4.74 Å². The van der Waals surface area contributed by atoms with Crippen LogP contribution in [-0.4, -0.2) is 25.7 Å². The van der Waals surface area contributed by atoms with Gasteiger partial charge in [0.1, 0.15) is 5.75 Å². The van der Waals surface area contributed by atoms with E-state index in [1.165, 1.54) is 5.56 Å².